The normalized spacial score (nSPS) is 15.5. The second-order valence-electron chi connectivity index (χ2n) is 7.39. The van der Waals surface area contributed by atoms with E-state index in [1.807, 2.05) is 43.8 Å². The summed E-state index contributed by atoms with van der Waals surface area (Å²) in [6, 6.07) is 5.62. The van der Waals surface area contributed by atoms with Crippen LogP contribution < -0.4 is 9.62 Å². The molecule has 2 rings (SSSR count). The van der Waals surface area contributed by atoms with E-state index in [0.717, 1.165) is 34.8 Å². The van der Waals surface area contributed by atoms with Gasteiger partial charge in [0.05, 0.1) is 11.9 Å². The Morgan fingerprint density at radius 1 is 1.22 bits per heavy atom. The summed E-state index contributed by atoms with van der Waals surface area (Å²) in [4.78, 5) is 12.3. The molecule has 1 saturated carbocycles. The molecule has 0 unspecified atom stereocenters. The Morgan fingerprint density at radius 2 is 1.93 bits per heavy atom. The van der Waals surface area contributed by atoms with Crippen LogP contribution in [-0.4, -0.2) is 44.7 Å². The minimum atomic E-state index is -3.53. The number of nitrogens with one attached hydrogen (secondary N) is 1. The molecule has 1 aliphatic carbocycles. The van der Waals surface area contributed by atoms with Crippen molar-refractivity contribution >= 4 is 33.4 Å². The Morgan fingerprint density at radius 3 is 2.59 bits per heavy atom. The van der Waals surface area contributed by atoms with Crippen LogP contribution in [-0.2, 0) is 14.8 Å². The van der Waals surface area contributed by atoms with E-state index >= 15 is 0 Å². The summed E-state index contributed by atoms with van der Waals surface area (Å²) in [5.74, 6) is 0.779. The first kappa shape index (κ1) is 22.1. The third-order valence-corrected chi connectivity index (χ3v) is 7.46. The van der Waals surface area contributed by atoms with Crippen molar-refractivity contribution < 1.29 is 13.2 Å². The average Bonchev–Trinajstić information content (AvgIpc) is 2.61. The van der Waals surface area contributed by atoms with Gasteiger partial charge in [-0.3, -0.25) is 9.10 Å². The molecule has 1 aromatic rings. The number of anilines is 1. The van der Waals surface area contributed by atoms with Crippen LogP contribution >= 0.6 is 11.8 Å². The fraction of sp³-hybridized carbons (Fsp3) is 0.650. The van der Waals surface area contributed by atoms with E-state index in [9.17, 15) is 13.2 Å². The van der Waals surface area contributed by atoms with Gasteiger partial charge in [-0.1, -0.05) is 31.4 Å². The van der Waals surface area contributed by atoms with Gasteiger partial charge in [0.1, 0.15) is 6.54 Å². The van der Waals surface area contributed by atoms with Crippen LogP contribution in [0.4, 0.5) is 5.69 Å². The molecular formula is C20H32N2O3S2. The van der Waals surface area contributed by atoms with Gasteiger partial charge in [-0.25, -0.2) is 8.42 Å². The molecule has 1 aliphatic rings. The van der Waals surface area contributed by atoms with Crippen molar-refractivity contribution in [1.82, 2.24) is 5.32 Å². The largest absolute Gasteiger partial charge is 0.354 e. The molecule has 0 heterocycles. The lowest BCUT2D eigenvalue weighted by molar-refractivity contribution is -0.119. The molecule has 0 radical (unpaired) electrons. The number of carbonyl (C=O) groups excluding carboxylic acids is 1. The van der Waals surface area contributed by atoms with Crippen LogP contribution in [0.1, 0.15) is 49.7 Å². The number of carbonyl (C=O) groups is 1. The van der Waals surface area contributed by atoms with E-state index < -0.39 is 10.0 Å². The second kappa shape index (κ2) is 10.4. The third kappa shape index (κ3) is 7.37. The standard InChI is InChI=1S/C20H32N2O3S2/c1-16-10-11-17(2)19(14-16)22(27(3,24)25)15-20(23)21-12-7-13-26-18-8-5-4-6-9-18/h10-11,14,18H,4-9,12-13,15H2,1-3H3,(H,21,23). The molecular weight excluding hydrogens is 380 g/mol. The number of rotatable bonds is 9. The molecule has 0 aliphatic heterocycles. The number of hydrogen-bond donors (Lipinski definition) is 1. The molecule has 0 atom stereocenters. The molecule has 1 fully saturated rings. The molecule has 27 heavy (non-hydrogen) atoms. The van der Waals surface area contributed by atoms with Crippen LogP contribution in [0.25, 0.3) is 0 Å². The third-order valence-electron chi connectivity index (χ3n) is 4.87. The van der Waals surface area contributed by atoms with E-state index in [4.69, 9.17) is 0 Å². The van der Waals surface area contributed by atoms with Gasteiger partial charge >= 0.3 is 0 Å². The summed E-state index contributed by atoms with van der Waals surface area (Å²) in [6.45, 7) is 4.17. The molecule has 0 saturated heterocycles. The van der Waals surface area contributed by atoms with Gasteiger partial charge in [0.2, 0.25) is 15.9 Å². The monoisotopic (exact) mass is 412 g/mol. The van der Waals surface area contributed by atoms with Crippen molar-refractivity contribution in [2.75, 3.05) is 29.4 Å². The lowest BCUT2D eigenvalue weighted by atomic mass is 10.0. The highest BCUT2D eigenvalue weighted by molar-refractivity contribution is 7.99. The van der Waals surface area contributed by atoms with Crippen molar-refractivity contribution in [3.63, 3.8) is 0 Å². The van der Waals surface area contributed by atoms with Crippen molar-refractivity contribution in [3.8, 4) is 0 Å². The number of hydrogen-bond acceptors (Lipinski definition) is 4. The van der Waals surface area contributed by atoms with E-state index in [1.165, 1.54) is 36.4 Å². The summed E-state index contributed by atoms with van der Waals surface area (Å²) in [7, 11) is -3.53. The predicted molar refractivity (Wildman–Crippen MR) is 115 cm³/mol. The molecule has 1 aromatic carbocycles. The predicted octanol–water partition coefficient (Wildman–Crippen LogP) is 3.64. The van der Waals surface area contributed by atoms with Crippen LogP contribution in [0, 0.1) is 13.8 Å². The zero-order valence-corrected chi connectivity index (χ0v) is 18.3. The maximum absolute atomic E-state index is 12.3. The Kier molecular flexibility index (Phi) is 8.48. The smallest absolute Gasteiger partial charge is 0.240 e. The van der Waals surface area contributed by atoms with Gasteiger partial charge in [-0.15, -0.1) is 0 Å². The minimum Gasteiger partial charge on any atom is -0.354 e. The molecule has 0 aromatic heterocycles. The number of nitrogens with zero attached hydrogens (tertiary/aromatic N) is 1. The first-order valence-electron chi connectivity index (χ1n) is 9.70. The second-order valence-corrected chi connectivity index (χ2v) is 10.7. The van der Waals surface area contributed by atoms with Gasteiger partial charge < -0.3 is 5.32 Å². The lowest BCUT2D eigenvalue weighted by Gasteiger charge is -2.24. The number of aryl methyl sites for hydroxylation is 2. The minimum absolute atomic E-state index is 0.182. The van der Waals surface area contributed by atoms with Crippen LogP contribution in [0.3, 0.4) is 0 Å². The van der Waals surface area contributed by atoms with Crippen molar-refractivity contribution in [3.05, 3.63) is 29.3 Å². The summed E-state index contributed by atoms with van der Waals surface area (Å²) < 4.78 is 25.6. The van der Waals surface area contributed by atoms with Crippen molar-refractivity contribution in [2.45, 2.75) is 57.6 Å². The van der Waals surface area contributed by atoms with Gasteiger partial charge in [-0.2, -0.15) is 11.8 Å². The van der Waals surface area contributed by atoms with Gasteiger partial charge in [0.25, 0.3) is 0 Å². The number of sulfonamides is 1. The highest BCUT2D eigenvalue weighted by atomic mass is 32.2. The summed E-state index contributed by atoms with van der Waals surface area (Å²) in [5.41, 5.74) is 2.37. The van der Waals surface area contributed by atoms with E-state index in [2.05, 4.69) is 5.32 Å². The highest BCUT2D eigenvalue weighted by Gasteiger charge is 2.22. The maximum atomic E-state index is 12.3. The number of amides is 1. The maximum Gasteiger partial charge on any atom is 0.240 e. The molecule has 152 valence electrons. The average molecular weight is 413 g/mol. The first-order chi connectivity index (χ1) is 12.8. The number of thioether (sulfide) groups is 1. The van der Waals surface area contributed by atoms with Crippen LogP contribution in [0.2, 0.25) is 0 Å². The van der Waals surface area contributed by atoms with Crippen molar-refractivity contribution in [1.29, 1.82) is 0 Å². The van der Waals surface area contributed by atoms with Gasteiger partial charge in [-0.05, 0) is 56.1 Å². The molecule has 0 bridgehead atoms. The summed E-state index contributed by atoms with van der Waals surface area (Å²) in [5, 5.41) is 3.65. The van der Waals surface area contributed by atoms with Crippen molar-refractivity contribution in [2.24, 2.45) is 0 Å². The van der Waals surface area contributed by atoms with Gasteiger partial charge in [0.15, 0.2) is 0 Å². The Hall–Kier alpha value is -1.21. The van der Waals surface area contributed by atoms with E-state index in [1.54, 1.807) is 0 Å². The highest BCUT2D eigenvalue weighted by Crippen LogP contribution is 2.28. The first-order valence-corrected chi connectivity index (χ1v) is 12.6. The van der Waals surface area contributed by atoms with E-state index in [-0.39, 0.29) is 12.5 Å². The van der Waals surface area contributed by atoms with Crippen LogP contribution in [0.5, 0.6) is 0 Å². The Bertz CT molecular complexity index is 729. The molecule has 0 spiro atoms. The summed E-state index contributed by atoms with van der Waals surface area (Å²) in [6.07, 6.45) is 8.73. The Balaban J connectivity index is 1.82. The zero-order chi connectivity index (χ0) is 19.9. The quantitative estimate of drug-likeness (QED) is 0.629. The number of benzene rings is 1. The molecule has 1 amide bonds. The van der Waals surface area contributed by atoms with Gasteiger partial charge in [0, 0.05) is 11.8 Å². The lowest BCUT2D eigenvalue weighted by Crippen LogP contribution is -2.41. The fourth-order valence-corrected chi connectivity index (χ4v) is 5.55. The van der Waals surface area contributed by atoms with Crippen LogP contribution in [0.15, 0.2) is 18.2 Å². The molecule has 1 N–H and O–H groups in total. The SMILES string of the molecule is Cc1ccc(C)c(N(CC(=O)NCCCSC2CCCCC2)S(C)(=O)=O)c1. The fourth-order valence-electron chi connectivity index (χ4n) is 3.34. The summed E-state index contributed by atoms with van der Waals surface area (Å²) >= 11 is 2.01. The van der Waals surface area contributed by atoms with E-state index in [0.29, 0.717) is 12.2 Å². The zero-order valence-electron chi connectivity index (χ0n) is 16.7. The topological polar surface area (TPSA) is 66.5 Å². The molecule has 5 nitrogen and oxygen atoms in total. The molecule has 7 heteroatoms. The Labute approximate surface area is 168 Å².